The van der Waals surface area contributed by atoms with Crippen LogP contribution in [-0.2, 0) is 4.79 Å². The first kappa shape index (κ1) is 13.5. The Morgan fingerprint density at radius 3 is 2.50 bits per heavy atom. The second-order valence-corrected chi connectivity index (χ2v) is 5.15. The van der Waals surface area contributed by atoms with Crippen LogP contribution in [0.15, 0.2) is 0 Å². The Labute approximate surface area is 99.2 Å². The quantitative estimate of drug-likeness (QED) is 0.729. The van der Waals surface area contributed by atoms with Crippen LogP contribution in [0.25, 0.3) is 0 Å². The van der Waals surface area contributed by atoms with Crippen molar-refractivity contribution >= 4 is 5.91 Å². The number of carbonyl (C=O) groups is 1. The lowest BCUT2D eigenvalue weighted by atomic mass is 9.91. The van der Waals surface area contributed by atoms with Gasteiger partial charge in [-0.2, -0.15) is 0 Å². The zero-order valence-electron chi connectivity index (χ0n) is 10.7. The van der Waals surface area contributed by atoms with Gasteiger partial charge in [0.25, 0.3) is 0 Å². The van der Waals surface area contributed by atoms with Crippen molar-refractivity contribution in [1.82, 2.24) is 5.32 Å². The fourth-order valence-electron chi connectivity index (χ4n) is 2.67. The van der Waals surface area contributed by atoms with E-state index in [0.29, 0.717) is 12.0 Å². The lowest BCUT2D eigenvalue weighted by molar-refractivity contribution is -0.121. The third kappa shape index (κ3) is 4.12. The molecule has 0 heterocycles. The highest BCUT2D eigenvalue weighted by molar-refractivity contribution is 5.80. The Hall–Kier alpha value is -0.570. The largest absolute Gasteiger partial charge is 0.368 e. The van der Waals surface area contributed by atoms with Gasteiger partial charge in [0.2, 0.25) is 5.91 Å². The second kappa shape index (κ2) is 6.89. The normalized spacial score (nSPS) is 21.6. The van der Waals surface area contributed by atoms with E-state index in [1.54, 1.807) is 0 Å². The minimum absolute atomic E-state index is 0.136. The van der Waals surface area contributed by atoms with Crippen LogP contribution in [0.5, 0.6) is 0 Å². The first-order valence-electron chi connectivity index (χ1n) is 6.70. The van der Waals surface area contributed by atoms with E-state index in [9.17, 15) is 4.79 Å². The van der Waals surface area contributed by atoms with E-state index in [1.807, 2.05) is 0 Å². The molecule has 2 unspecified atom stereocenters. The van der Waals surface area contributed by atoms with Gasteiger partial charge >= 0.3 is 0 Å². The molecule has 94 valence electrons. The molecule has 0 spiro atoms. The zero-order valence-corrected chi connectivity index (χ0v) is 10.7. The Morgan fingerprint density at radius 1 is 1.38 bits per heavy atom. The zero-order chi connectivity index (χ0) is 12.0. The van der Waals surface area contributed by atoms with Crippen molar-refractivity contribution in [2.45, 2.75) is 70.9 Å². The summed E-state index contributed by atoms with van der Waals surface area (Å²) in [6, 6.07) is 0.369. The number of amides is 1. The number of nitrogens with two attached hydrogens (primary N) is 1. The maximum atomic E-state index is 11.4. The van der Waals surface area contributed by atoms with Crippen LogP contribution in [-0.4, -0.2) is 18.0 Å². The van der Waals surface area contributed by atoms with E-state index in [-0.39, 0.29) is 11.9 Å². The molecule has 0 aliphatic heterocycles. The first-order chi connectivity index (χ1) is 7.65. The van der Waals surface area contributed by atoms with E-state index in [1.165, 1.54) is 32.1 Å². The van der Waals surface area contributed by atoms with Crippen molar-refractivity contribution in [2.75, 3.05) is 0 Å². The molecule has 16 heavy (non-hydrogen) atoms. The van der Waals surface area contributed by atoms with Crippen LogP contribution in [0.1, 0.15) is 58.8 Å². The van der Waals surface area contributed by atoms with Gasteiger partial charge < -0.3 is 11.1 Å². The van der Waals surface area contributed by atoms with Crippen LogP contribution in [0.3, 0.4) is 0 Å². The molecule has 1 rings (SSSR count). The van der Waals surface area contributed by atoms with Crippen molar-refractivity contribution in [3.05, 3.63) is 0 Å². The van der Waals surface area contributed by atoms with Gasteiger partial charge in [0, 0.05) is 6.04 Å². The molecule has 0 aromatic carbocycles. The summed E-state index contributed by atoms with van der Waals surface area (Å²) in [7, 11) is 0. The van der Waals surface area contributed by atoms with Crippen molar-refractivity contribution < 1.29 is 4.79 Å². The van der Waals surface area contributed by atoms with Gasteiger partial charge in [-0.3, -0.25) is 4.79 Å². The third-order valence-electron chi connectivity index (χ3n) is 3.64. The average molecular weight is 226 g/mol. The summed E-state index contributed by atoms with van der Waals surface area (Å²) in [6.07, 6.45) is 8.47. The monoisotopic (exact) mass is 226 g/mol. The smallest absolute Gasteiger partial charge is 0.234 e. The standard InChI is InChI=1S/C13H26N2O/c1-3-7-10(2)12(13(14)16)15-11-8-5-4-6-9-11/h10-12,15H,3-9H2,1-2H3,(H2,14,16). The first-order valence-corrected chi connectivity index (χ1v) is 6.70. The molecule has 1 aliphatic rings. The van der Waals surface area contributed by atoms with E-state index in [0.717, 1.165) is 12.8 Å². The van der Waals surface area contributed by atoms with Crippen molar-refractivity contribution in [3.63, 3.8) is 0 Å². The van der Waals surface area contributed by atoms with Gasteiger partial charge in [-0.1, -0.05) is 39.5 Å². The molecule has 2 atom stereocenters. The molecule has 0 saturated heterocycles. The summed E-state index contributed by atoms with van der Waals surface area (Å²) in [5, 5.41) is 3.47. The van der Waals surface area contributed by atoms with Crippen molar-refractivity contribution in [2.24, 2.45) is 11.7 Å². The Morgan fingerprint density at radius 2 is 2.00 bits per heavy atom. The van der Waals surface area contributed by atoms with E-state index in [2.05, 4.69) is 19.2 Å². The third-order valence-corrected chi connectivity index (χ3v) is 3.64. The highest BCUT2D eigenvalue weighted by Crippen LogP contribution is 2.20. The van der Waals surface area contributed by atoms with E-state index in [4.69, 9.17) is 5.73 Å². The maximum Gasteiger partial charge on any atom is 0.234 e. The molecule has 0 radical (unpaired) electrons. The fraction of sp³-hybridized carbons (Fsp3) is 0.923. The maximum absolute atomic E-state index is 11.4. The van der Waals surface area contributed by atoms with Gasteiger partial charge in [-0.05, 0) is 25.2 Å². The minimum Gasteiger partial charge on any atom is -0.368 e. The molecule has 3 heteroatoms. The summed E-state index contributed by atoms with van der Waals surface area (Å²) in [6.45, 7) is 4.27. The SMILES string of the molecule is CCCC(C)C(NC1CCCCC1)C(N)=O. The van der Waals surface area contributed by atoms with Gasteiger partial charge in [0.05, 0.1) is 6.04 Å². The Kier molecular flexibility index (Phi) is 5.81. The molecule has 0 aromatic heterocycles. The molecule has 3 N–H and O–H groups in total. The highest BCUT2D eigenvalue weighted by Gasteiger charge is 2.25. The molecule has 1 saturated carbocycles. The van der Waals surface area contributed by atoms with E-state index < -0.39 is 0 Å². The topological polar surface area (TPSA) is 55.1 Å². The summed E-state index contributed by atoms with van der Waals surface area (Å²) in [5.41, 5.74) is 5.48. The van der Waals surface area contributed by atoms with Gasteiger partial charge in [-0.15, -0.1) is 0 Å². The van der Waals surface area contributed by atoms with Crippen LogP contribution < -0.4 is 11.1 Å². The van der Waals surface area contributed by atoms with Crippen LogP contribution in [0.4, 0.5) is 0 Å². The van der Waals surface area contributed by atoms with Crippen LogP contribution in [0, 0.1) is 5.92 Å². The lowest BCUT2D eigenvalue weighted by Gasteiger charge is -2.30. The Balaban J connectivity index is 2.46. The summed E-state index contributed by atoms with van der Waals surface area (Å²) >= 11 is 0. The molecule has 3 nitrogen and oxygen atoms in total. The number of rotatable bonds is 6. The number of hydrogen-bond acceptors (Lipinski definition) is 2. The molecule has 1 amide bonds. The summed E-state index contributed by atoms with van der Waals surface area (Å²) < 4.78 is 0. The summed E-state index contributed by atoms with van der Waals surface area (Å²) in [5.74, 6) is 0.163. The van der Waals surface area contributed by atoms with Crippen molar-refractivity contribution in [3.8, 4) is 0 Å². The number of carbonyl (C=O) groups excluding carboxylic acids is 1. The molecule has 0 aromatic rings. The number of primary amides is 1. The number of hydrogen-bond donors (Lipinski definition) is 2. The van der Waals surface area contributed by atoms with E-state index >= 15 is 0 Å². The van der Waals surface area contributed by atoms with Crippen LogP contribution >= 0.6 is 0 Å². The molecular formula is C13H26N2O. The molecular weight excluding hydrogens is 200 g/mol. The van der Waals surface area contributed by atoms with Crippen LogP contribution in [0.2, 0.25) is 0 Å². The average Bonchev–Trinajstić information content (AvgIpc) is 2.27. The highest BCUT2D eigenvalue weighted by atomic mass is 16.1. The second-order valence-electron chi connectivity index (χ2n) is 5.15. The molecule has 1 fully saturated rings. The molecule has 0 bridgehead atoms. The van der Waals surface area contributed by atoms with Gasteiger partial charge in [0.15, 0.2) is 0 Å². The number of nitrogens with one attached hydrogen (secondary N) is 1. The molecule has 1 aliphatic carbocycles. The summed E-state index contributed by atoms with van der Waals surface area (Å²) in [4.78, 5) is 11.4. The lowest BCUT2D eigenvalue weighted by Crippen LogP contribution is -2.50. The minimum atomic E-state index is -0.188. The van der Waals surface area contributed by atoms with Gasteiger partial charge in [0.1, 0.15) is 0 Å². The van der Waals surface area contributed by atoms with Gasteiger partial charge in [-0.25, -0.2) is 0 Å². The predicted octanol–water partition coefficient (Wildman–Crippen LogP) is 2.20. The fourth-order valence-corrected chi connectivity index (χ4v) is 2.67. The predicted molar refractivity (Wildman–Crippen MR) is 67.1 cm³/mol. The van der Waals surface area contributed by atoms with Crippen molar-refractivity contribution in [1.29, 1.82) is 0 Å². The Bertz CT molecular complexity index is 212.